The molecular weight excluding hydrogens is 276 g/mol. The maximum Gasteiger partial charge on any atom is 0.224 e. The number of halogens is 1. The molecule has 0 unspecified atom stereocenters. The third kappa shape index (κ3) is 3.97. The third-order valence-corrected chi connectivity index (χ3v) is 3.74. The Kier molecular flexibility index (Phi) is 5.01. The van der Waals surface area contributed by atoms with E-state index in [2.05, 4.69) is 5.32 Å². The van der Waals surface area contributed by atoms with Crippen molar-refractivity contribution < 1.29 is 9.59 Å². The number of carbonyl (C=O) groups excluding carboxylic acids is 2. The number of amides is 2. The Morgan fingerprint density at radius 1 is 1.25 bits per heavy atom. The lowest BCUT2D eigenvalue weighted by Gasteiger charge is -2.22. The van der Waals surface area contributed by atoms with E-state index in [-0.39, 0.29) is 17.9 Å². The molecule has 1 saturated heterocycles. The molecule has 0 spiro atoms. The zero-order valence-corrected chi connectivity index (χ0v) is 12.3. The summed E-state index contributed by atoms with van der Waals surface area (Å²) in [7, 11) is 0. The Morgan fingerprint density at radius 2 is 1.85 bits per heavy atom. The van der Waals surface area contributed by atoms with Crippen LogP contribution in [0.15, 0.2) is 24.3 Å². The number of benzene rings is 1. The first kappa shape index (κ1) is 14.9. The lowest BCUT2D eigenvalue weighted by Crippen LogP contribution is -2.34. The molecule has 2 amide bonds. The van der Waals surface area contributed by atoms with E-state index in [1.165, 1.54) is 6.92 Å². The minimum Gasteiger partial charge on any atom is -0.349 e. The summed E-state index contributed by atoms with van der Waals surface area (Å²) in [6.07, 6.45) is 2.43. The average molecular weight is 295 g/mol. The number of carbonyl (C=O) groups is 2. The maximum absolute atomic E-state index is 12.2. The van der Waals surface area contributed by atoms with Gasteiger partial charge in [0.15, 0.2) is 0 Å². The first-order valence-corrected chi connectivity index (χ1v) is 7.24. The van der Waals surface area contributed by atoms with Crippen molar-refractivity contribution in [3.05, 3.63) is 34.9 Å². The van der Waals surface area contributed by atoms with Crippen LogP contribution in [0.4, 0.5) is 0 Å². The predicted molar refractivity (Wildman–Crippen MR) is 78.4 cm³/mol. The van der Waals surface area contributed by atoms with E-state index >= 15 is 0 Å². The zero-order valence-electron chi connectivity index (χ0n) is 11.6. The van der Waals surface area contributed by atoms with Crippen molar-refractivity contribution in [1.29, 1.82) is 0 Å². The van der Waals surface area contributed by atoms with Gasteiger partial charge in [-0.15, -0.1) is 0 Å². The molecule has 0 aromatic heterocycles. The molecular formula is C15H19ClN2O2. The predicted octanol–water partition coefficient (Wildman–Crippen LogP) is 2.53. The van der Waals surface area contributed by atoms with Crippen LogP contribution in [-0.4, -0.2) is 29.8 Å². The average Bonchev–Trinajstić information content (AvgIpc) is 2.92. The van der Waals surface area contributed by atoms with Gasteiger partial charge in [0.05, 0.1) is 12.5 Å². The number of hydrogen-bond acceptors (Lipinski definition) is 2. The highest BCUT2D eigenvalue weighted by molar-refractivity contribution is 6.30. The molecule has 1 aromatic carbocycles. The molecule has 0 bridgehead atoms. The Balaban J connectivity index is 2.08. The first-order chi connectivity index (χ1) is 9.56. The van der Waals surface area contributed by atoms with Crippen LogP contribution < -0.4 is 5.32 Å². The van der Waals surface area contributed by atoms with Gasteiger partial charge in [-0.05, 0) is 30.5 Å². The highest BCUT2D eigenvalue weighted by atomic mass is 35.5. The summed E-state index contributed by atoms with van der Waals surface area (Å²) in [5.74, 6) is -0.0460. The van der Waals surface area contributed by atoms with Crippen molar-refractivity contribution in [3.8, 4) is 0 Å². The van der Waals surface area contributed by atoms with Crippen LogP contribution >= 0.6 is 11.6 Å². The standard InChI is InChI=1S/C15H19ClN2O2/c1-11(19)17-14(12-4-6-13(16)7-5-12)10-15(20)18-8-2-3-9-18/h4-7,14H,2-3,8-10H2,1H3,(H,17,19)/t14-/m0/s1. The SMILES string of the molecule is CC(=O)N[C@@H](CC(=O)N1CCCC1)c1ccc(Cl)cc1. The van der Waals surface area contributed by atoms with Crippen molar-refractivity contribution in [2.75, 3.05) is 13.1 Å². The van der Waals surface area contributed by atoms with E-state index in [0.29, 0.717) is 11.4 Å². The van der Waals surface area contributed by atoms with Gasteiger partial charge in [0.2, 0.25) is 11.8 Å². The fourth-order valence-electron chi connectivity index (χ4n) is 2.46. The summed E-state index contributed by atoms with van der Waals surface area (Å²) < 4.78 is 0. The third-order valence-electron chi connectivity index (χ3n) is 3.49. The summed E-state index contributed by atoms with van der Waals surface area (Å²) in [5.41, 5.74) is 0.900. The smallest absolute Gasteiger partial charge is 0.224 e. The molecule has 1 atom stereocenters. The van der Waals surface area contributed by atoms with Crippen LogP contribution in [0.2, 0.25) is 5.02 Å². The van der Waals surface area contributed by atoms with Crippen LogP contribution in [0.25, 0.3) is 0 Å². The lowest BCUT2D eigenvalue weighted by atomic mass is 10.0. The Labute approximate surface area is 124 Å². The van der Waals surface area contributed by atoms with Gasteiger partial charge < -0.3 is 10.2 Å². The fraction of sp³-hybridized carbons (Fsp3) is 0.467. The first-order valence-electron chi connectivity index (χ1n) is 6.86. The Morgan fingerprint density at radius 3 is 2.40 bits per heavy atom. The number of nitrogens with one attached hydrogen (secondary N) is 1. The summed E-state index contributed by atoms with van der Waals surface area (Å²) in [6, 6.07) is 6.94. The highest BCUT2D eigenvalue weighted by Crippen LogP contribution is 2.21. The lowest BCUT2D eigenvalue weighted by molar-refractivity contribution is -0.131. The van der Waals surface area contributed by atoms with Crippen LogP contribution in [0.5, 0.6) is 0 Å². The largest absolute Gasteiger partial charge is 0.349 e. The van der Waals surface area contributed by atoms with Crippen LogP contribution in [0.3, 0.4) is 0 Å². The molecule has 1 aliphatic rings. The molecule has 1 fully saturated rings. The van der Waals surface area contributed by atoms with Crippen molar-refractivity contribution in [2.45, 2.75) is 32.2 Å². The fourth-order valence-corrected chi connectivity index (χ4v) is 2.59. The number of rotatable bonds is 4. The van der Waals surface area contributed by atoms with Crippen molar-refractivity contribution in [3.63, 3.8) is 0 Å². The molecule has 108 valence electrons. The second-order valence-electron chi connectivity index (χ2n) is 5.10. The molecule has 1 heterocycles. The topological polar surface area (TPSA) is 49.4 Å². The molecule has 1 aromatic rings. The number of hydrogen-bond donors (Lipinski definition) is 1. The van der Waals surface area contributed by atoms with E-state index in [4.69, 9.17) is 11.6 Å². The van der Waals surface area contributed by atoms with Crippen molar-refractivity contribution >= 4 is 23.4 Å². The van der Waals surface area contributed by atoms with Gasteiger partial charge in [-0.25, -0.2) is 0 Å². The second-order valence-corrected chi connectivity index (χ2v) is 5.53. The highest BCUT2D eigenvalue weighted by Gasteiger charge is 2.23. The molecule has 4 nitrogen and oxygen atoms in total. The van der Waals surface area contributed by atoms with Crippen LogP contribution in [-0.2, 0) is 9.59 Å². The molecule has 0 aliphatic carbocycles. The Bertz CT molecular complexity index is 481. The van der Waals surface area contributed by atoms with Gasteiger partial charge in [-0.3, -0.25) is 9.59 Å². The molecule has 5 heteroatoms. The van der Waals surface area contributed by atoms with Gasteiger partial charge in [0.1, 0.15) is 0 Å². The number of nitrogens with zero attached hydrogens (tertiary/aromatic N) is 1. The minimum absolute atomic E-state index is 0.0937. The normalized spacial score (nSPS) is 16.0. The second kappa shape index (κ2) is 6.75. The molecule has 0 saturated carbocycles. The van der Waals surface area contributed by atoms with E-state index in [0.717, 1.165) is 31.5 Å². The van der Waals surface area contributed by atoms with Crippen molar-refractivity contribution in [2.24, 2.45) is 0 Å². The molecule has 2 rings (SSSR count). The molecule has 1 N–H and O–H groups in total. The maximum atomic E-state index is 12.2. The van der Waals surface area contributed by atoms with Crippen LogP contribution in [0.1, 0.15) is 37.8 Å². The quantitative estimate of drug-likeness (QED) is 0.928. The minimum atomic E-state index is -0.294. The van der Waals surface area contributed by atoms with Crippen molar-refractivity contribution in [1.82, 2.24) is 10.2 Å². The molecule has 0 radical (unpaired) electrons. The van der Waals surface area contributed by atoms with Gasteiger partial charge in [0.25, 0.3) is 0 Å². The summed E-state index contributed by atoms with van der Waals surface area (Å²) >= 11 is 5.87. The monoisotopic (exact) mass is 294 g/mol. The van der Waals surface area contributed by atoms with Gasteiger partial charge >= 0.3 is 0 Å². The van der Waals surface area contributed by atoms with Gasteiger partial charge in [0, 0.05) is 25.0 Å². The summed E-state index contributed by atoms with van der Waals surface area (Å²) in [4.78, 5) is 25.4. The van der Waals surface area contributed by atoms with E-state index in [1.54, 1.807) is 12.1 Å². The van der Waals surface area contributed by atoms with E-state index in [1.807, 2.05) is 17.0 Å². The van der Waals surface area contributed by atoms with Crippen LogP contribution in [0, 0.1) is 0 Å². The summed E-state index contributed by atoms with van der Waals surface area (Å²) in [5, 5.41) is 3.48. The number of likely N-dealkylation sites (tertiary alicyclic amines) is 1. The summed E-state index contributed by atoms with van der Waals surface area (Å²) in [6.45, 7) is 3.11. The van der Waals surface area contributed by atoms with E-state index in [9.17, 15) is 9.59 Å². The van der Waals surface area contributed by atoms with E-state index < -0.39 is 0 Å². The molecule has 1 aliphatic heterocycles. The zero-order chi connectivity index (χ0) is 14.5. The van der Waals surface area contributed by atoms with Gasteiger partial charge in [-0.1, -0.05) is 23.7 Å². The Hall–Kier alpha value is -1.55. The molecule has 20 heavy (non-hydrogen) atoms. The van der Waals surface area contributed by atoms with Gasteiger partial charge in [-0.2, -0.15) is 0 Å².